The first-order valence-electron chi connectivity index (χ1n) is 5.90. The molecule has 0 spiro atoms. The lowest BCUT2D eigenvalue weighted by Crippen LogP contribution is -1.98. The molecule has 102 valence electrons. The summed E-state index contributed by atoms with van der Waals surface area (Å²) in [4.78, 5) is 12.6. The summed E-state index contributed by atoms with van der Waals surface area (Å²) in [7, 11) is 3.48. The van der Waals surface area contributed by atoms with Crippen LogP contribution in [0.3, 0.4) is 0 Å². The third-order valence-electron chi connectivity index (χ3n) is 3.02. The second kappa shape index (κ2) is 4.64. The second-order valence-corrected chi connectivity index (χ2v) is 4.63. The van der Waals surface area contributed by atoms with E-state index in [0.29, 0.717) is 11.2 Å². The largest absolute Gasteiger partial charge is 0.497 e. The normalized spacial score (nSPS) is 10.9. The first kappa shape index (κ1) is 12.7. The van der Waals surface area contributed by atoms with E-state index < -0.39 is 0 Å². The molecule has 0 aliphatic carbocycles. The quantitative estimate of drug-likeness (QED) is 0.732. The van der Waals surface area contributed by atoms with Gasteiger partial charge < -0.3 is 15.0 Å². The number of aromatic nitrogens is 4. The molecule has 7 heteroatoms. The van der Waals surface area contributed by atoms with Crippen molar-refractivity contribution < 1.29 is 4.74 Å². The van der Waals surface area contributed by atoms with E-state index in [1.807, 2.05) is 35.9 Å². The van der Waals surface area contributed by atoms with Crippen molar-refractivity contribution in [2.24, 2.45) is 7.05 Å². The van der Waals surface area contributed by atoms with Gasteiger partial charge >= 0.3 is 0 Å². The molecular formula is C13H12ClN5O. The first-order valence-corrected chi connectivity index (χ1v) is 6.28. The molecule has 0 aliphatic rings. The average Bonchev–Trinajstić information content (AvgIpc) is 2.77. The van der Waals surface area contributed by atoms with Crippen LogP contribution < -0.4 is 10.5 Å². The van der Waals surface area contributed by atoms with Crippen LogP contribution in [-0.2, 0) is 7.05 Å². The molecule has 1 aromatic carbocycles. The van der Waals surface area contributed by atoms with Crippen LogP contribution >= 0.6 is 11.6 Å². The molecule has 2 aromatic heterocycles. The van der Waals surface area contributed by atoms with Crippen LogP contribution in [0.15, 0.2) is 24.3 Å². The number of methoxy groups -OCH3 is 1. The van der Waals surface area contributed by atoms with Crippen LogP contribution in [0.4, 0.5) is 5.95 Å². The molecule has 6 nitrogen and oxygen atoms in total. The summed E-state index contributed by atoms with van der Waals surface area (Å²) in [5.41, 5.74) is 7.65. The van der Waals surface area contributed by atoms with Crippen LogP contribution in [-0.4, -0.2) is 26.6 Å². The van der Waals surface area contributed by atoms with Crippen LogP contribution in [0, 0.1) is 0 Å². The standard InChI is InChI=1S/C13H12ClN5O/c1-19-11(7-4-3-5-8(6-7)20-2)16-9-10(14)17-13(15)18-12(9)19/h3-6H,1-2H3,(H2,15,17,18). The van der Waals surface area contributed by atoms with Crippen molar-refractivity contribution in [3.8, 4) is 17.1 Å². The van der Waals surface area contributed by atoms with Gasteiger partial charge in [-0.15, -0.1) is 0 Å². The number of imidazole rings is 1. The smallest absolute Gasteiger partial charge is 0.223 e. The Balaban J connectivity index is 2.26. The van der Waals surface area contributed by atoms with Crippen molar-refractivity contribution in [1.29, 1.82) is 0 Å². The van der Waals surface area contributed by atoms with Gasteiger partial charge in [0.1, 0.15) is 17.1 Å². The molecule has 0 atom stereocenters. The molecule has 2 heterocycles. The third-order valence-corrected chi connectivity index (χ3v) is 3.28. The summed E-state index contributed by atoms with van der Waals surface area (Å²) in [6, 6.07) is 7.60. The fourth-order valence-electron chi connectivity index (χ4n) is 2.06. The van der Waals surface area contributed by atoms with Crippen molar-refractivity contribution in [2.75, 3.05) is 12.8 Å². The Morgan fingerprint density at radius 2 is 2.05 bits per heavy atom. The SMILES string of the molecule is COc1cccc(-c2nc3c(Cl)nc(N)nc3n2C)c1. The Kier molecular flexibility index (Phi) is 2.94. The predicted octanol–water partition coefficient (Wildman–Crippen LogP) is 2.27. The summed E-state index contributed by atoms with van der Waals surface area (Å²) in [6.45, 7) is 0. The van der Waals surface area contributed by atoms with E-state index >= 15 is 0 Å². The molecule has 0 radical (unpaired) electrons. The van der Waals surface area contributed by atoms with Crippen molar-refractivity contribution >= 4 is 28.7 Å². The summed E-state index contributed by atoms with van der Waals surface area (Å²) < 4.78 is 7.05. The van der Waals surface area contributed by atoms with Crippen LogP contribution in [0.25, 0.3) is 22.6 Å². The number of ether oxygens (including phenoxy) is 1. The maximum Gasteiger partial charge on any atom is 0.223 e. The summed E-state index contributed by atoms with van der Waals surface area (Å²) in [6.07, 6.45) is 0. The lowest BCUT2D eigenvalue weighted by molar-refractivity contribution is 0.415. The number of halogens is 1. The molecule has 3 aromatic rings. The number of hydrogen-bond acceptors (Lipinski definition) is 5. The Labute approximate surface area is 120 Å². The van der Waals surface area contributed by atoms with Crippen molar-refractivity contribution in [2.45, 2.75) is 0 Å². The summed E-state index contributed by atoms with van der Waals surface area (Å²) in [5, 5.41) is 0.247. The van der Waals surface area contributed by atoms with Gasteiger partial charge in [-0.3, -0.25) is 0 Å². The Morgan fingerprint density at radius 3 is 2.80 bits per heavy atom. The molecule has 0 saturated carbocycles. The highest BCUT2D eigenvalue weighted by atomic mass is 35.5. The zero-order valence-corrected chi connectivity index (χ0v) is 11.7. The third kappa shape index (κ3) is 1.94. The number of hydrogen-bond donors (Lipinski definition) is 1. The number of fused-ring (bicyclic) bond motifs is 1. The minimum Gasteiger partial charge on any atom is -0.497 e. The molecule has 0 unspecified atom stereocenters. The van der Waals surface area contributed by atoms with E-state index in [9.17, 15) is 0 Å². The van der Waals surface area contributed by atoms with Crippen molar-refractivity contribution in [3.63, 3.8) is 0 Å². The number of nitrogens with zero attached hydrogens (tertiary/aromatic N) is 4. The number of rotatable bonds is 2. The number of aryl methyl sites for hydroxylation is 1. The van der Waals surface area contributed by atoms with E-state index in [4.69, 9.17) is 22.1 Å². The van der Waals surface area contributed by atoms with Gasteiger partial charge in [0.25, 0.3) is 0 Å². The topological polar surface area (TPSA) is 78.8 Å². The van der Waals surface area contributed by atoms with Gasteiger partial charge in [-0.25, -0.2) is 4.98 Å². The number of anilines is 1. The Morgan fingerprint density at radius 1 is 1.25 bits per heavy atom. The van der Waals surface area contributed by atoms with Crippen LogP contribution in [0.1, 0.15) is 0 Å². The number of nitrogens with two attached hydrogens (primary N) is 1. The second-order valence-electron chi connectivity index (χ2n) is 4.27. The molecule has 0 saturated heterocycles. The molecule has 2 N–H and O–H groups in total. The highest BCUT2D eigenvalue weighted by Gasteiger charge is 2.15. The van der Waals surface area contributed by atoms with Gasteiger partial charge in [-0.2, -0.15) is 9.97 Å². The van der Waals surface area contributed by atoms with E-state index in [-0.39, 0.29) is 11.1 Å². The predicted molar refractivity (Wildman–Crippen MR) is 77.7 cm³/mol. The fourth-order valence-corrected chi connectivity index (χ4v) is 2.28. The van der Waals surface area contributed by atoms with Gasteiger partial charge in [0, 0.05) is 12.6 Å². The van der Waals surface area contributed by atoms with Gasteiger partial charge in [-0.05, 0) is 12.1 Å². The molecular weight excluding hydrogens is 278 g/mol. The maximum atomic E-state index is 6.06. The highest BCUT2D eigenvalue weighted by Crippen LogP contribution is 2.28. The van der Waals surface area contributed by atoms with Crippen molar-refractivity contribution in [3.05, 3.63) is 29.4 Å². The molecule has 0 fully saturated rings. The average molecular weight is 290 g/mol. The monoisotopic (exact) mass is 289 g/mol. The zero-order chi connectivity index (χ0) is 14.3. The molecule has 3 rings (SSSR count). The van der Waals surface area contributed by atoms with Gasteiger partial charge in [0.05, 0.1) is 7.11 Å². The van der Waals surface area contributed by atoms with E-state index in [2.05, 4.69) is 15.0 Å². The molecule has 20 heavy (non-hydrogen) atoms. The van der Waals surface area contributed by atoms with Gasteiger partial charge in [0.15, 0.2) is 10.8 Å². The first-order chi connectivity index (χ1) is 9.60. The molecule has 0 bridgehead atoms. The van der Waals surface area contributed by atoms with Crippen LogP contribution in [0.5, 0.6) is 5.75 Å². The van der Waals surface area contributed by atoms with E-state index in [1.54, 1.807) is 7.11 Å². The fraction of sp³-hybridized carbons (Fsp3) is 0.154. The minimum absolute atomic E-state index is 0.127. The Hall–Kier alpha value is -2.34. The number of benzene rings is 1. The minimum atomic E-state index is 0.127. The maximum absolute atomic E-state index is 6.06. The molecule has 0 aliphatic heterocycles. The van der Waals surface area contributed by atoms with Crippen LogP contribution in [0.2, 0.25) is 5.15 Å². The Bertz CT molecular complexity index is 799. The summed E-state index contributed by atoms with van der Waals surface area (Å²) in [5.74, 6) is 1.61. The summed E-state index contributed by atoms with van der Waals surface area (Å²) >= 11 is 6.06. The lowest BCUT2D eigenvalue weighted by Gasteiger charge is -2.04. The molecule has 0 amide bonds. The number of nitrogen functional groups attached to an aromatic ring is 1. The highest BCUT2D eigenvalue weighted by molar-refractivity contribution is 6.33. The van der Waals surface area contributed by atoms with Crippen molar-refractivity contribution in [1.82, 2.24) is 19.5 Å². The zero-order valence-electron chi connectivity index (χ0n) is 11.0. The van der Waals surface area contributed by atoms with E-state index in [0.717, 1.165) is 17.1 Å². The van der Waals surface area contributed by atoms with Gasteiger partial charge in [0.2, 0.25) is 5.95 Å². The lowest BCUT2D eigenvalue weighted by atomic mass is 10.2. The van der Waals surface area contributed by atoms with Gasteiger partial charge in [-0.1, -0.05) is 23.7 Å². The van der Waals surface area contributed by atoms with E-state index in [1.165, 1.54) is 0 Å².